The highest BCUT2D eigenvalue weighted by Crippen LogP contribution is 2.36. The number of ether oxygens (including phenoxy) is 1. The van der Waals surface area contributed by atoms with Crippen molar-refractivity contribution in [2.45, 2.75) is 19.0 Å². The topological polar surface area (TPSA) is 107 Å². The molecule has 0 aliphatic carbocycles. The van der Waals surface area contributed by atoms with Crippen LogP contribution in [0.5, 0.6) is 0 Å². The molecule has 0 spiro atoms. The molecule has 1 amide bonds. The minimum Gasteiger partial charge on any atom is -0.449 e. The van der Waals surface area contributed by atoms with Crippen molar-refractivity contribution in [1.29, 1.82) is 0 Å². The van der Waals surface area contributed by atoms with Crippen LogP contribution in [0, 0.1) is 6.92 Å². The fourth-order valence-electron chi connectivity index (χ4n) is 2.21. The van der Waals surface area contributed by atoms with Gasteiger partial charge in [0.1, 0.15) is 5.69 Å². The van der Waals surface area contributed by atoms with Gasteiger partial charge in [0, 0.05) is 11.9 Å². The molecule has 0 unspecified atom stereocenters. The number of aromatic nitrogens is 4. The van der Waals surface area contributed by atoms with E-state index in [9.17, 15) is 13.2 Å². The van der Waals surface area contributed by atoms with E-state index in [1.807, 2.05) is 0 Å². The van der Waals surface area contributed by atoms with E-state index in [2.05, 4.69) is 15.1 Å². The summed E-state index contributed by atoms with van der Waals surface area (Å²) in [4.78, 5) is 20.5. The fraction of sp³-hybridized carbons (Fsp3) is 0.200. The molecule has 0 radical (unpaired) electrons. The molecule has 3 aromatic rings. The lowest BCUT2D eigenvalue weighted by atomic mass is 10.3. The van der Waals surface area contributed by atoms with E-state index < -0.39 is 21.3 Å². The zero-order valence-corrected chi connectivity index (χ0v) is 16.5. The number of amides is 1. The van der Waals surface area contributed by atoms with Crippen LogP contribution in [0.1, 0.15) is 12.6 Å². The SMILES string of the molecule is CCOC(=O)N(c1c(Cl)cccc1Cl)S(=O)(=O)c1nc2nc(C)ccn2n1. The predicted octanol–water partition coefficient (Wildman–Crippen LogP) is 3.09. The van der Waals surface area contributed by atoms with Crippen molar-refractivity contribution in [1.82, 2.24) is 19.6 Å². The molecule has 0 bridgehead atoms. The van der Waals surface area contributed by atoms with E-state index in [0.29, 0.717) is 10.00 Å². The number of halogens is 2. The van der Waals surface area contributed by atoms with Gasteiger partial charge < -0.3 is 4.74 Å². The smallest absolute Gasteiger partial charge is 0.428 e. The maximum absolute atomic E-state index is 13.1. The number of hydrogen-bond acceptors (Lipinski definition) is 7. The number of aryl methyl sites for hydroxylation is 1. The molecule has 0 aliphatic heterocycles. The van der Waals surface area contributed by atoms with Crippen molar-refractivity contribution >= 4 is 50.8 Å². The van der Waals surface area contributed by atoms with Gasteiger partial charge in [-0.1, -0.05) is 29.3 Å². The molecule has 0 N–H and O–H groups in total. The molecule has 2 heterocycles. The van der Waals surface area contributed by atoms with Crippen molar-refractivity contribution in [3.63, 3.8) is 0 Å². The molecule has 142 valence electrons. The fourth-order valence-corrected chi connectivity index (χ4v) is 4.12. The normalized spacial score (nSPS) is 11.6. The zero-order chi connectivity index (χ0) is 19.8. The van der Waals surface area contributed by atoms with Crippen LogP contribution in [0.2, 0.25) is 10.0 Å². The summed E-state index contributed by atoms with van der Waals surface area (Å²) < 4.78 is 32.7. The average molecular weight is 430 g/mol. The molecule has 0 saturated heterocycles. The Balaban J connectivity index is 2.22. The van der Waals surface area contributed by atoms with E-state index >= 15 is 0 Å². The molecule has 0 fully saturated rings. The van der Waals surface area contributed by atoms with Gasteiger partial charge in [-0.05, 0) is 32.0 Å². The highest BCUT2D eigenvalue weighted by molar-refractivity contribution is 7.93. The van der Waals surface area contributed by atoms with Gasteiger partial charge in [-0.25, -0.2) is 14.3 Å². The Hall–Kier alpha value is -2.43. The Bertz CT molecular complexity index is 1110. The second kappa shape index (κ2) is 7.29. The van der Waals surface area contributed by atoms with Gasteiger partial charge >= 0.3 is 16.1 Å². The van der Waals surface area contributed by atoms with Crippen molar-refractivity contribution in [3.05, 3.63) is 46.2 Å². The predicted molar refractivity (Wildman–Crippen MR) is 98.7 cm³/mol. The first kappa shape index (κ1) is 19.3. The Morgan fingerprint density at radius 3 is 2.52 bits per heavy atom. The van der Waals surface area contributed by atoms with Crippen molar-refractivity contribution in [2.75, 3.05) is 10.9 Å². The van der Waals surface area contributed by atoms with Crippen LogP contribution in [0.3, 0.4) is 0 Å². The number of anilines is 1. The van der Waals surface area contributed by atoms with E-state index in [4.69, 9.17) is 27.9 Å². The van der Waals surface area contributed by atoms with E-state index in [1.54, 1.807) is 13.0 Å². The molecular formula is C15H13Cl2N5O4S. The molecule has 2 aromatic heterocycles. The zero-order valence-electron chi connectivity index (χ0n) is 14.1. The lowest BCUT2D eigenvalue weighted by Gasteiger charge is -2.21. The first-order valence-corrected chi connectivity index (χ1v) is 9.81. The van der Waals surface area contributed by atoms with Gasteiger partial charge in [0.2, 0.25) is 0 Å². The Morgan fingerprint density at radius 1 is 1.22 bits per heavy atom. The summed E-state index contributed by atoms with van der Waals surface area (Å²) in [6.07, 6.45) is 0.316. The van der Waals surface area contributed by atoms with Gasteiger partial charge in [-0.15, -0.1) is 5.10 Å². The van der Waals surface area contributed by atoms with Gasteiger partial charge in [0.15, 0.2) is 0 Å². The highest BCUT2D eigenvalue weighted by Gasteiger charge is 2.38. The van der Waals surface area contributed by atoms with Crippen molar-refractivity contribution < 1.29 is 17.9 Å². The number of para-hydroxylation sites is 1. The minimum absolute atomic E-state index is 0.0580. The third-order valence-electron chi connectivity index (χ3n) is 3.37. The maximum atomic E-state index is 13.1. The summed E-state index contributed by atoms with van der Waals surface area (Å²) >= 11 is 12.2. The first-order valence-electron chi connectivity index (χ1n) is 7.62. The quantitative estimate of drug-likeness (QED) is 0.626. The third-order valence-corrected chi connectivity index (χ3v) is 5.43. The average Bonchev–Trinajstić information content (AvgIpc) is 3.02. The Morgan fingerprint density at radius 2 is 1.89 bits per heavy atom. The summed E-state index contributed by atoms with van der Waals surface area (Å²) in [5, 5.41) is 3.13. The van der Waals surface area contributed by atoms with Crippen LogP contribution in [0.25, 0.3) is 5.78 Å². The lowest BCUT2D eigenvalue weighted by molar-refractivity contribution is 0.164. The molecule has 0 atom stereocenters. The largest absolute Gasteiger partial charge is 0.449 e. The number of carbonyl (C=O) groups is 1. The molecule has 12 heteroatoms. The molecule has 1 aromatic carbocycles. The van der Waals surface area contributed by atoms with Crippen LogP contribution in [0.4, 0.5) is 10.5 Å². The third kappa shape index (κ3) is 3.55. The first-order chi connectivity index (χ1) is 12.8. The standard InChI is InChI=1S/C15H13Cl2N5O4S/c1-3-26-15(23)22(12-10(16)5-4-6-11(12)17)27(24,25)14-19-13-18-9(2)7-8-21(13)20-14/h4-8H,3H2,1-2H3. The molecule has 0 saturated carbocycles. The Kier molecular flexibility index (Phi) is 5.22. The number of nitrogens with zero attached hydrogens (tertiary/aromatic N) is 5. The summed E-state index contributed by atoms with van der Waals surface area (Å²) in [5.74, 6) is 0.0580. The second-order valence-electron chi connectivity index (χ2n) is 5.25. The molecular weight excluding hydrogens is 417 g/mol. The minimum atomic E-state index is -4.59. The van der Waals surface area contributed by atoms with Crippen LogP contribution < -0.4 is 4.31 Å². The van der Waals surface area contributed by atoms with E-state index in [1.165, 1.54) is 35.8 Å². The van der Waals surface area contributed by atoms with Crippen molar-refractivity contribution in [3.8, 4) is 0 Å². The number of fused-ring (bicyclic) bond motifs is 1. The number of carbonyl (C=O) groups excluding carboxylic acids is 1. The van der Waals surface area contributed by atoms with Gasteiger partial charge in [-0.2, -0.15) is 17.7 Å². The highest BCUT2D eigenvalue weighted by atomic mass is 35.5. The number of hydrogen-bond donors (Lipinski definition) is 0. The number of rotatable bonds is 4. The number of benzene rings is 1. The molecule has 3 rings (SSSR count). The summed E-state index contributed by atoms with van der Waals surface area (Å²) in [5.41, 5.74) is 0.373. The lowest BCUT2D eigenvalue weighted by Crippen LogP contribution is -2.38. The van der Waals surface area contributed by atoms with Crippen LogP contribution in [0.15, 0.2) is 35.6 Å². The van der Waals surface area contributed by atoms with Gasteiger partial charge in [-0.3, -0.25) is 0 Å². The van der Waals surface area contributed by atoms with Crippen LogP contribution >= 0.6 is 23.2 Å². The van der Waals surface area contributed by atoms with Gasteiger partial charge in [0.05, 0.1) is 16.7 Å². The molecule has 27 heavy (non-hydrogen) atoms. The summed E-state index contributed by atoms with van der Waals surface area (Å²) in [7, 11) is -4.59. The van der Waals surface area contributed by atoms with E-state index in [-0.39, 0.29) is 28.1 Å². The van der Waals surface area contributed by atoms with Crippen LogP contribution in [-0.4, -0.2) is 40.7 Å². The molecule has 9 nitrogen and oxygen atoms in total. The summed E-state index contributed by atoms with van der Waals surface area (Å²) in [6.45, 7) is 3.19. The number of sulfonamides is 1. The maximum Gasteiger partial charge on any atom is 0.428 e. The summed E-state index contributed by atoms with van der Waals surface area (Å²) in [6, 6.07) is 5.94. The monoisotopic (exact) mass is 429 g/mol. The molecule has 0 aliphatic rings. The van der Waals surface area contributed by atoms with Crippen LogP contribution in [-0.2, 0) is 14.8 Å². The van der Waals surface area contributed by atoms with Crippen molar-refractivity contribution in [2.24, 2.45) is 0 Å². The van der Waals surface area contributed by atoms with Gasteiger partial charge in [0.25, 0.3) is 10.9 Å². The van der Waals surface area contributed by atoms with E-state index in [0.717, 1.165) is 0 Å². The second-order valence-corrected chi connectivity index (χ2v) is 7.74. The Labute approximate surface area is 164 Å².